The molecule has 1 heterocycles. The Morgan fingerprint density at radius 3 is 2.47 bits per heavy atom. The first-order valence-electron chi connectivity index (χ1n) is 5.24. The zero-order valence-electron chi connectivity index (χ0n) is 9.58. The van der Waals surface area contributed by atoms with Gasteiger partial charge in [0.25, 0.3) is 5.91 Å². The fraction of sp³-hybridized carbons (Fsp3) is 0. The van der Waals surface area contributed by atoms with Crippen molar-refractivity contribution in [2.24, 2.45) is 0 Å². The zero-order chi connectivity index (χ0) is 13.8. The van der Waals surface area contributed by atoms with Crippen LogP contribution in [-0.4, -0.2) is 17.0 Å². The molecule has 19 heavy (non-hydrogen) atoms. The van der Waals surface area contributed by atoms with Crippen molar-refractivity contribution < 1.29 is 14.7 Å². The maximum absolute atomic E-state index is 11.9. The van der Waals surface area contributed by atoms with E-state index in [1.54, 1.807) is 5.38 Å². The Balaban J connectivity index is 2.19. The Morgan fingerprint density at radius 2 is 1.89 bits per heavy atom. The second-order valence-electron chi connectivity index (χ2n) is 3.61. The van der Waals surface area contributed by atoms with E-state index in [0.717, 1.165) is 11.3 Å². The highest BCUT2D eigenvalue weighted by atomic mass is 32.1. The molecule has 1 aromatic carbocycles. The molecule has 0 aliphatic carbocycles. The second kappa shape index (κ2) is 5.33. The number of carbonyl (C=O) groups excluding carboxylic acids is 1. The molecule has 1 aromatic heterocycles. The van der Waals surface area contributed by atoms with E-state index in [9.17, 15) is 9.59 Å². The van der Waals surface area contributed by atoms with E-state index in [1.807, 2.05) is 6.07 Å². The summed E-state index contributed by atoms with van der Waals surface area (Å²) in [6.45, 7) is 0. The van der Waals surface area contributed by atoms with Gasteiger partial charge in [-0.3, -0.25) is 4.79 Å². The van der Waals surface area contributed by atoms with E-state index in [-0.39, 0.29) is 10.6 Å². The van der Waals surface area contributed by atoms with Crippen molar-refractivity contribution in [2.75, 3.05) is 5.32 Å². The van der Waals surface area contributed by atoms with Crippen LogP contribution >= 0.6 is 11.3 Å². The summed E-state index contributed by atoms with van der Waals surface area (Å²) in [5, 5.41) is 21.7. The summed E-state index contributed by atoms with van der Waals surface area (Å²) >= 11 is 1.04. The SMILES string of the molecule is N#Cc1ccc(C(=O)Nc2ccsc2C(=O)O)cc1. The lowest BCUT2D eigenvalue weighted by Gasteiger charge is -2.04. The third kappa shape index (κ3) is 2.78. The molecule has 5 nitrogen and oxygen atoms in total. The van der Waals surface area contributed by atoms with E-state index in [1.165, 1.54) is 30.3 Å². The van der Waals surface area contributed by atoms with Crippen LogP contribution in [0.1, 0.15) is 25.6 Å². The monoisotopic (exact) mass is 272 g/mol. The zero-order valence-corrected chi connectivity index (χ0v) is 10.4. The van der Waals surface area contributed by atoms with Crippen LogP contribution in [0.15, 0.2) is 35.7 Å². The number of hydrogen-bond donors (Lipinski definition) is 2. The number of thiophene rings is 1. The van der Waals surface area contributed by atoms with Crippen molar-refractivity contribution in [3.63, 3.8) is 0 Å². The van der Waals surface area contributed by atoms with Gasteiger partial charge in [0.2, 0.25) is 0 Å². The molecule has 1 amide bonds. The first-order valence-corrected chi connectivity index (χ1v) is 6.12. The van der Waals surface area contributed by atoms with Gasteiger partial charge in [-0.05, 0) is 35.7 Å². The number of nitriles is 1. The molecule has 0 aliphatic rings. The van der Waals surface area contributed by atoms with E-state index < -0.39 is 11.9 Å². The molecule has 0 unspecified atom stereocenters. The molecule has 0 fully saturated rings. The van der Waals surface area contributed by atoms with Crippen LogP contribution in [0.5, 0.6) is 0 Å². The van der Waals surface area contributed by atoms with Crippen molar-refractivity contribution in [1.29, 1.82) is 5.26 Å². The fourth-order valence-electron chi connectivity index (χ4n) is 1.46. The van der Waals surface area contributed by atoms with Gasteiger partial charge in [-0.1, -0.05) is 0 Å². The van der Waals surface area contributed by atoms with Crippen LogP contribution in [0.3, 0.4) is 0 Å². The molecular formula is C13H8N2O3S. The van der Waals surface area contributed by atoms with Gasteiger partial charge in [0.1, 0.15) is 4.88 Å². The molecular weight excluding hydrogens is 264 g/mol. The Morgan fingerprint density at radius 1 is 1.21 bits per heavy atom. The van der Waals surface area contributed by atoms with E-state index in [2.05, 4.69) is 5.32 Å². The molecule has 2 rings (SSSR count). The molecule has 6 heteroatoms. The van der Waals surface area contributed by atoms with Gasteiger partial charge >= 0.3 is 5.97 Å². The van der Waals surface area contributed by atoms with Gasteiger partial charge < -0.3 is 10.4 Å². The molecule has 0 saturated carbocycles. The Labute approximate surface area is 112 Å². The summed E-state index contributed by atoms with van der Waals surface area (Å²) in [5.41, 5.74) is 1.09. The predicted octanol–water partition coefficient (Wildman–Crippen LogP) is 2.57. The number of nitrogens with zero attached hydrogens (tertiary/aromatic N) is 1. The van der Waals surface area contributed by atoms with Gasteiger partial charge in [0.05, 0.1) is 17.3 Å². The minimum absolute atomic E-state index is 0.0852. The van der Waals surface area contributed by atoms with Gasteiger partial charge in [-0.15, -0.1) is 11.3 Å². The second-order valence-corrected chi connectivity index (χ2v) is 4.53. The van der Waals surface area contributed by atoms with Crippen molar-refractivity contribution in [3.05, 3.63) is 51.7 Å². The normalized spacial score (nSPS) is 9.63. The highest BCUT2D eigenvalue weighted by Crippen LogP contribution is 2.22. The minimum Gasteiger partial charge on any atom is -0.477 e. The highest BCUT2D eigenvalue weighted by molar-refractivity contribution is 7.12. The van der Waals surface area contributed by atoms with E-state index >= 15 is 0 Å². The predicted molar refractivity (Wildman–Crippen MR) is 70.4 cm³/mol. The van der Waals surface area contributed by atoms with Crippen molar-refractivity contribution in [2.45, 2.75) is 0 Å². The third-order valence-electron chi connectivity index (χ3n) is 2.38. The average molecular weight is 272 g/mol. The maximum Gasteiger partial charge on any atom is 0.348 e. The van der Waals surface area contributed by atoms with E-state index in [0.29, 0.717) is 11.1 Å². The van der Waals surface area contributed by atoms with Gasteiger partial charge in [0, 0.05) is 5.56 Å². The molecule has 0 radical (unpaired) electrons. The van der Waals surface area contributed by atoms with Crippen LogP contribution in [0.4, 0.5) is 5.69 Å². The quantitative estimate of drug-likeness (QED) is 0.898. The molecule has 0 bridgehead atoms. The van der Waals surface area contributed by atoms with E-state index in [4.69, 9.17) is 10.4 Å². The number of benzene rings is 1. The number of carboxylic acid groups (broad SMARTS) is 1. The summed E-state index contributed by atoms with van der Waals surface area (Å²) in [5.74, 6) is -1.49. The number of rotatable bonds is 3. The van der Waals surface area contributed by atoms with Crippen molar-refractivity contribution in [1.82, 2.24) is 0 Å². The fourth-order valence-corrected chi connectivity index (χ4v) is 2.15. The first-order chi connectivity index (χ1) is 9.11. The van der Waals surface area contributed by atoms with Crippen LogP contribution in [0.25, 0.3) is 0 Å². The van der Waals surface area contributed by atoms with Crippen LogP contribution in [-0.2, 0) is 0 Å². The smallest absolute Gasteiger partial charge is 0.348 e. The Kier molecular flexibility index (Phi) is 3.59. The number of carboxylic acids is 1. The number of hydrogen-bond acceptors (Lipinski definition) is 4. The van der Waals surface area contributed by atoms with Crippen LogP contribution < -0.4 is 5.32 Å². The minimum atomic E-state index is -1.08. The van der Waals surface area contributed by atoms with Crippen LogP contribution in [0.2, 0.25) is 0 Å². The Hall–Kier alpha value is -2.65. The molecule has 0 saturated heterocycles. The molecule has 0 spiro atoms. The largest absolute Gasteiger partial charge is 0.477 e. The lowest BCUT2D eigenvalue weighted by molar-refractivity contribution is 0.0703. The number of aromatic carboxylic acids is 1. The molecule has 94 valence electrons. The third-order valence-corrected chi connectivity index (χ3v) is 3.29. The molecule has 2 aromatic rings. The lowest BCUT2D eigenvalue weighted by atomic mass is 10.1. The highest BCUT2D eigenvalue weighted by Gasteiger charge is 2.14. The topological polar surface area (TPSA) is 90.2 Å². The number of amides is 1. The van der Waals surface area contributed by atoms with Crippen LogP contribution in [0, 0.1) is 11.3 Å². The molecule has 0 aliphatic heterocycles. The first kappa shape index (κ1) is 12.8. The summed E-state index contributed by atoms with van der Waals surface area (Å²) in [7, 11) is 0. The summed E-state index contributed by atoms with van der Waals surface area (Å²) < 4.78 is 0. The number of nitrogens with one attached hydrogen (secondary N) is 1. The average Bonchev–Trinajstić information content (AvgIpc) is 2.87. The lowest BCUT2D eigenvalue weighted by Crippen LogP contribution is -2.13. The number of anilines is 1. The van der Waals surface area contributed by atoms with Gasteiger partial charge in [0.15, 0.2) is 0 Å². The standard InChI is InChI=1S/C13H8N2O3S/c14-7-8-1-3-9(4-2-8)12(16)15-10-5-6-19-11(10)13(17)18/h1-6H,(H,15,16)(H,17,18). The van der Waals surface area contributed by atoms with Gasteiger partial charge in [-0.2, -0.15) is 5.26 Å². The summed E-state index contributed by atoms with van der Waals surface area (Å²) in [6, 6.07) is 9.58. The molecule has 2 N–H and O–H groups in total. The maximum atomic E-state index is 11.9. The van der Waals surface area contributed by atoms with Gasteiger partial charge in [-0.25, -0.2) is 4.79 Å². The number of carbonyl (C=O) groups is 2. The van der Waals surface area contributed by atoms with Crippen molar-refractivity contribution >= 4 is 28.9 Å². The summed E-state index contributed by atoms with van der Waals surface area (Å²) in [6.07, 6.45) is 0. The molecule has 0 atom stereocenters. The summed E-state index contributed by atoms with van der Waals surface area (Å²) in [4.78, 5) is 22.9. The van der Waals surface area contributed by atoms with Crippen molar-refractivity contribution in [3.8, 4) is 6.07 Å². The Bertz CT molecular complexity index is 668.